The van der Waals surface area contributed by atoms with E-state index in [2.05, 4.69) is 11.6 Å². The smallest absolute Gasteiger partial charge is 0.399 e. The van der Waals surface area contributed by atoms with Crippen molar-refractivity contribution in [1.29, 1.82) is 0 Å². The Kier molecular flexibility index (Phi) is 5.54. The molecule has 1 saturated heterocycles. The molecule has 1 aromatic carbocycles. The van der Waals surface area contributed by atoms with Gasteiger partial charge in [0.2, 0.25) is 10.0 Å². The Bertz CT molecular complexity index is 782. The summed E-state index contributed by atoms with van der Waals surface area (Å²) in [5.41, 5.74) is 0.805. The molecule has 0 atom stereocenters. The Morgan fingerprint density at radius 3 is 2.15 bits per heavy atom. The number of rotatable bonds is 4. The Morgan fingerprint density at radius 1 is 1.04 bits per heavy atom. The van der Waals surface area contributed by atoms with Gasteiger partial charge in [-0.05, 0) is 83.8 Å². The van der Waals surface area contributed by atoms with Crippen molar-refractivity contribution in [1.82, 2.24) is 4.72 Å². The lowest BCUT2D eigenvalue weighted by molar-refractivity contribution is 0.00578. The molecule has 1 N–H and O–H groups in total. The fourth-order valence-electron chi connectivity index (χ4n) is 3.68. The molecule has 1 saturated carbocycles. The minimum Gasteiger partial charge on any atom is -0.399 e. The normalized spacial score (nSPS) is 27.7. The lowest BCUT2D eigenvalue weighted by Gasteiger charge is -2.32. The van der Waals surface area contributed by atoms with Gasteiger partial charge < -0.3 is 9.31 Å². The summed E-state index contributed by atoms with van der Waals surface area (Å²) in [4.78, 5) is 0.274. The molecule has 5 nitrogen and oxygen atoms in total. The second-order valence-electron chi connectivity index (χ2n) is 9.18. The third-order valence-electron chi connectivity index (χ3n) is 6.41. The first-order chi connectivity index (χ1) is 12.4. The number of sulfonamides is 1. The molecule has 0 unspecified atom stereocenters. The highest BCUT2D eigenvalue weighted by atomic mass is 32.2. The highest BCUT2D eigenvalue weighted by Crippen LogP contribution is 2.36. The van der Waals surface area contributed by atoms with Gasteiger partial charge >= 0.3 is 7.12 Å². The summed E-state index contributed by atoms with van der Waals surface area (Å²) in [5.74, 6) is 0.681. The van der Waals surface area contributed by atoms with Crippen LogP contribution in [0.15, 0.2) is 23.1 Å². The van der Waals surface area contributed by atoms with Gasteiger partial charge in [0.05, 0.1) is 16.1 Å². The van der Waals surface area contributed by atoms with Crippen LogP contribution in [0.25, 0.3) is 0 Å². The van der Waals surface area contributed by atoms with Crippen molar-refractivity contribution < 1.29 is 17.7 Å². The number of nitrogens with one attached hydrogen (secondary N) is 1. The first kappa shape index (κ1) is 20.8. The summed E-state index contributed by atoms with van der Waals surface area (Å²) in [6.45, 7) is 12.2. The fourth-order valence-corrected chi connectivity index (χ4v) is 5.01. The van der Waals surface area contributed by atoms with Crippen molar-refractivity contribution in [2.75, 3.05) is 0 Å². The Balaban J connectivity index is 1.83. The fraction of sp³-hybridized carbons (Fsp3) is 0.700. The number of hydrogen-bond acceptors (Lipinski definition) is 4. The first-order valence-corrected chi connectivity index (χ1v) is 11.4. The maximum atomic E-state index is 12.9. The topological polar surface area (TPSA) is 64.6 Å². The molecule has 7 heteroatoms. The molecule has 27 heavy (non-hydrogen) atoms. The van der Waals surface area contributed by atoms with Gasteiger partial charge in [0.1, 0.15) is 0 Å². The highest BCUT2D eigenvalue weighted by Gasteiger charge is 2.52. The van der Waals surface area contributed by atoms with E-state index in [-0.39, 0.29) is 10.9 Å². The van der Waals surface area contributed by atoms with Crippen LogP contribution in [0.4, 0.5) is 0 Å². The second kappa shape index (κ2) is 7.18. The summed E-state index contributed by atoms with van der Waals surface area (Å²) in [6.07, 6.45) is 3.94. The maximum absolute atomic E-state index is 12.9. The van der Waals surface area contributed by atoms with Gasteiger partial charge in [0, 0.05) is 6.04 Å². The summed E-state index contributed by atoms with van der Waals surface area (Å²) in [7, 11) is -4.13. The Hall–Kier alpha value is -0.885. The van der Waals surface area contributed by atoms with E-state index in [0.717, 1.165) is 36.7 Å². The van der Waals surface area contributed by atoms with Crippen LogP contribution in [0.2, 0.25) is 0 Å². The van der Waals surface area contributed by atoms with E-state index in [1.54, 1.807) is 12.1 Å². The lowest BCUT2D eigenvalue weighted by Crippen LogP contribution is -2.41. The number of hydrogen-bond donors (Lipinski definition) is 1. The van der Waals surface area contributed by atoms with E-state index < -0.39 is 28.3 Å². The standard InChI is InChI=1S/C20H32BNO4S/c1-14-7-10-16(11-8-14)22-27(23,24)17-12-9-15(2)18(13-17)21-25-19(3,4)20(5,6)26-21/h9,12-14,16,22H,7-8,10-11H2,1-6H3. The third kappa shape index (κ3) is 4.26. The van der Waals surface area contributed by atoms with Crippen molar-refractivity contribution in [3.8, 4) is 0 Å². The van der Waals surface area contributed by atoms with E-state index in [0.29, 0.717) is 5.92 Å². The van der Waals surface area contributed by atoms with Gasteiger partial charge in [-0.15, -0.1) is 0 Å². The molecular formula is C20H32BNO4S. The van der Waals surface area contributed by atoms with E-state index in [9.17, 15) is 8.42 Å². The zero-order chi connectivity index (χ0) is 20.0. The van der Waals surface area contributed by atoms with Gasteiger partial charge in [-0.1, -0.05) is 18.6 Å². The van der Waals surface area contributed by atoms with Crippen molar-refractivity contribution >= 4 is 22.6 Å². The summed E-state index contributed by atoms with van der Waals surface area (Å²) >= 11 is 0. The predicted octanol–water partition coefficient (Wildman–Crippen LogP) is 3.15. The number of benzene rings is 1. The average Bonchev–Trinajstić information content (AvgIpc) is 2.77. The van der Waals surface area contributed by atoms with Crippen LogP contribution in [0.5, 0.6) is 0 Å². The van der Waals surface area contributed by atoms with Crippen molar-refractivity contribution in [2.24, 2.45) is 5.92 Å². The molecule has 0 amide bonds. The summed E-state index contributed by atoms with van der Waals surface area (Å²) in [6, 6.07) is 5.22. The van der Waals surface area contributed by atoms with Crippen LogP contribution in [0, 0.1) is 12.8 Å². The molecule has 150 valence electrons. The van der Waals surface area contributed by atoms with Crippen LogP contribution in [-0.2, 0) is 19.3 Å². The molecule has 0 radical (unpaired) electrons. The van der Waals surface area contributed by atoms with Crippen LogP contribution < -0.4 is 10.2 Å². The van der Waals surface area contributed by atoms with Gasteiger partial charge in [-0.25, -0.2) is 13.1 Å². The summed E-state index contributed by atoms with van der Waals surface area (Å²) < 4.78 is 41.0. The Labute approximate surface area is 164 Å². The van der Waals surface area contributed by atoms with Crippen molar-refractivity contribution in [3.05, 3.63) is 23.8 Å². The quantitative estimate of drug-likeness (QED) is 0.799. The van der Waals surface area contributed by atoms with Gasteiger partial charge in [-0.2, -0.15) is 0 Å². The molecule has 0 aromatic heterocycles. The van der Waals surface area contributed by atoms with Crippen LogP contribution in [-0.4, -0.2) is 32.8 Å². The molecular weight excluding hydrogens is 361 g/mol. The minimum atomic E-state index is -3.56. The van der Waals surface area contributed by atoms with Gasteiger partial charge in [0.15, 0.2) is 0 Å². The average molecular weight is 393 g/mol. The minimum absolute atomic E-state index is 0.0211. The predicted molar refractivity (Wildman–Crippen MR) is 109 cm³/mol. The molecule has 1 aliphatic carbocycles. The third-order valence-corrected chi connectivity index (χ3v) is 7.92. The molecule has 1 heterocycles. The van der Waals surface area contributed by atoms with E-state index >= 15 is 0 Å². The van der Waals surface area contributed by atoms with Crippen LogP contribution >= 0.6 is 0 Å². The van der Waals surface area contributed by atoms with E-state index in [1.165, 1.54) is 0 Å². The SMILES string of the molecule is Cc1ccc(S(=O)(=O)NC2CCC(C)CC2)cc1B1OC(C)(C)C(C)(C)O1. The first-order valence-electron chi connectivity index (χ1n) is 9.90. The van der Waals surface area contributed by atoms with Crippen molar-refractivity contribution in [3.63, 3.8) is 0 Å². The largest absolute Gasteiger partial charge is 0.495 e. The van der Waals surface area contributed by atoms with Crippen molar-refractivity contribution in [2.45, 2.75) is 89.4 Å². The molecule has 1 aliphatic heterocycles. The molecule has 1 aromatic rings. The molecule has 2 fully saturated rings. The molecule has 0 bridgehead atoms. The molecule has 3 rings (SSSR count). The monoisotopic (exact) mass is 393 g/mol. The molecule has 2 aliphatic rings. The highest BCUT2D eigenvalue weighted by molar-refractivity contribution is 7.89. The van der Waals surface area contributed by atoms with Crippen LogP contribution in [0.3, 0.4) is 0 Å². The van der Waals surface area contributed by atoms with Gasteiger partial charge in [-0.3, -0.25) is 0 Å². The maximum Gasteiger partial charge on any atom is 0.495 e. The van der Waals surface area contributed by atoms with Crippen LogP contribution in [0.1, 0.15) is 65.9 Å². The summed E-state index contributed by atoms with van der Waals surface area (Å²) in [5, 5.41) is 0. The van der Waals surface area contributed by atoms with Gasteiger partial charge in [0.25, 0.3) is 0 Å². The second-order valence-corrected chi connectivity index (χ2v) is 10.9. The lowest BCUT2D eigenvalue weighted by atomic mass is 9.76. The zero-order valence-electron chi connectivity index (χ0n) is 17.3. The number of aryl methyl sites for hydroxylation is 1. The molecule has 0 spiro atoms. The Morgan fingerprint density at radius 2 is 1.59 bits per heavy atom. The van der Waals surface area contributed by atoms with E-state index in [1.807, 2.05) is 40.7 Å². The zero-order valence-corrected chi connectivity index (χ0v) is 18.2. The van der Waals surface area contributed by atoms with E-state index in [4.69, 9.17) is 9.31 Å².